The number of aromatic nitrogens is 2. The van der Waals surface area contributed by atoms with Gasteiger partial charge < -0.3 is 24.8 Å². The van der Waals surface area contributed by atoms with Crippen LogP contribution >= 0.6 is 0 Å². The molecule has 0 spiro atoms. The lowest BCUT2D eigenvalue weighted by atomic mass is 10.1. The van der Waals surface area contributed by atoms with Gasteiger partial charge in [0.2, 0.25) is 0 Å². The monoisotopic (exact) mass is 476 g/mol. The van der Waals surface area contributed by atoms with Crippen molar-refractivity contribution in [1.82, 2.24) is 9.78 Å². The van der Waals surface area contributed by atoms with Crippen LogP contribution in [0.25, 0.3) is 0 Å². The summed E-state index contributed by atoms with van der Waals surface area (Å²) in [5.41, 5.74) is 2.91. The number of amides is 1. The third-order valence-electron chi connectivity index (χ3n) is 4.86. The molecule has 2 N–H and O–H groups in total. The van der Waals surface area contributed by atoms with Crippen molar-refractivity contribution in [2.24, 2.45) is 7.05 Å². The van der Waals surface area contributed by atoms with E-state index in [4.69, 9.17) is 14.2 Å². The molecule has 0 aliphatic rings. The maximum Gasteiger partial charge on any atom is 0.257 e. The number of nitrogens with zero attached hydrogens (tertiary/aromatic N) is 2. The molecule has 0 saturated heterocycles. The molecule has 0 aliphatic heterocycles. The van der Waals surface area contributed by atoms with Gasteiger partial charge in [-0.25, -0.2) is 0 Å². The zero-order valence-corrected chi connectivity index (χ0v) is 20.6. The van der Waals surface area contributed by atoms with Gasteiger partial charge in [0.25, 0.3) is 5.91 Å². The Hall–Kier alpha value is -3.80. The number of hydrogen-bond donors (Lipinski definition) is 2. The second kappa shape index (κ2) is 13.2. The molecule has 1 heterocycles. The molecule has 0 fully saturated rings. The lowest BCUT2D eigenvalue weighted by Crippen LogP contribution is -2.19. The SMILES string of the molecule is CCOCCNc1cccc(C#Cc2cc(O[C@@H](C)COC)cc(C(=O)Nc3ccn(C)n3)c2)c1. The first-order valence-electron chi connectivity index (χ1n) is 11.5. The van der Waals surface area contributed by atoms with E-state index in [0.717, 1.165) is 17.8 Å². The normalized spacial score (nSPS) is 11.3. The average molecular weight is 477 g/mol. The number of ether oxygens (including phenoxy) is 3. The van der Waals surface area contributed by atoms with E-state index < -0.39 is 0 Å². The predicted molar refractivity (Wildman–Crippen MR) is 137 cm³/mol. The van der Waals surface area contributed by atoms with Crippen molar-refractivity contribution in [3.63, 3.8) is 0 Å². The van der Waals surface area contributed by atoms with Gasteiger partial charge in [0.15, 0.2) is 5.82 Å². The van der Waals surface area contributed by atoms with E-state index in [1.807, 2.05) is 44.2 Å². The zero-order valence-electron chi connectivity index (χ0n) is 20.6. The van der Waals surface area contributed by atoms with Crippen molar-refractivity contribution >= 4 is 17.4 Å². The molecule has 0 bridgehead atoms. The van der Waals surface area contributed by atoms with Crippen LogP contribution < -0.4 is 15.4 Å². The fourth-order valence-corrected chi connectivity index (χ4v) is 3.30. The Labute approximate surface area is 206 Å². The number of nitrogens with one attached hydrogen (secondary N) is 2. The van der Waals surface area contributed by atoms with Crippen LogP contribution in [0.15, 0.2) is 54.7 Å². The first kappa shape index (κ1) is 25.8. The second-order valence-electron chi connectivity index (χ2n) is 7.91. The maximum atomic E-state index is 12.9. The molecule has 2 aromatic carbocycles. The summed E-state index contributed by atoms with van der Waals surface area (Å²) < 4.78 is 18.1. The van der Waals surface area contributed by atoms with Gasteiger partial charge >= 0.3 is 0 Å². The highest BCUT2D eigenvalue weighted by atomic mass is 16.5. The minimum Gasteiger partial charge on any atom is -0.488 e. The fraction of sp³-hybridized carbons (Fsp3) is 0.333. The third kappa shape index (κ3) is 8.49. The van der Waals surface area contributed by atoms with Gasteiger partial charge in [-0.05, 0) is 50.2 Å². The summed E-state index contributed by atoms with van der Waals surface area (Å²) in [6.45, 7) is 6.36. The number of methoxy groups -OCH3 is 1. The summed E-state index contributed by atoms with van der Waals surface area (Å²) in [6, 6.07) is 14.8. The third-order valence-corrected chi connectivity index (χ3v) is 4.86. The summed E-state index contributed by atoms with van der Waals surface area (Å²) in [5, 5.41) is 10.3. The van der Waals surface area contributed by atoms with Crippen LogP contribution in [0.1, 0.15) is 35.3 Å². The lowest BCUT2D eigenvalue weighted by molar-refractivity contribution is 0.0917. The van der Waals surface area contributed by atoms with Crippen LogP contribution in [0.5, 0.6) is 5.75 Å². The quantitative estimate of drug-likeness (QED) is 0.322. The minimum absolute atomic E-state index is 0.186. The van der Waals surface area contributed by atoms with Crippen molar-refractivity contribution in [1.29, 1.82) is 0 Å². The predicted octanol–water partition coefficient (Wildman–Crippen LogP) is 3.93. The molecule has 0 saturated carbocycles. The molecule has 1 aromatic heterocycles. The molecule has 3 aromatic rings. The van der Waals surface area contributed by atoms with Gasteiger partial charge in [-0.2, -0.15) is 5.10 Å². The Balaban J connectivity index is 1.82. The Morgan fingerprint density at radius 2 is 1.97 bits per heavy atom. The van der Waals surface area contributed by atoms with E-state index in [1.165, 1.54) is 0 Å². The maximum absolute atomic E-state index is 12.9. The molecule has 0 aliphatic carbocycles. The lowest BCUT2D eigenvalue weighted by Gasteiger charge is -2.15. The fourth-order valence-electron chi connectivity index (χ4n) is 3.30. The molecule has 35 heavy (non-hydrogen) atoms. The number of anilines is 2. The van der Waals surface area contributed by atoms with Gasteiger partial charge in [-0.3, -0.25) is 9.48 Å². The smallest absolute Gasteiger partial charge is 0.257 e. The highest BCUT2D eigenvalue weighted by Crippen LogP contribution is 2.20. The van der Waals surface area contributed by atoms with Crippen LogP contribution in [0.2, 0.25) is 0 Å². The summed E-state index contributed by atoms with van der Waals surface area (Å²) in [5.74, 6) is 7.06. The first-order chi connectivity index (χ1) is 17.0. The van der Waals surface area contributed by atoms with Gasteiger partial charge in [-0.15, -0.1) is 0 Å². The summed E-state index contributed by atoms with van der Waals surface area (Å²) >= 11 is 0. The summed E-state index contributed by atoms with van der Waals surface area (Å²) in [6.07, 6.45) is 1.58. The van der Waals surface area contributed by atoms with E-state index >= 15 is 0 Å². The average Bonchev–Trinajstić information content (AvgIpc) is 3.25. The molecular weight excluding hydrogens is 444 g/mol. The molecule has 0 radical (unpaired) electrons. The van der Waals surface area contributed by atoms with Gasteiger partial charge in [0, 0.05) is 62.0 Å². The molecular formula is C27H32N4O4. The molecule has 8 nitrogen and oxygen atoms in total. The number of benzene rings is 2. The summed E-state index contributed by atoms with van der Waals surface area (Å²) in [7, 11) is 3.41. The van der Waals surface area contributed by atoms with Crippen molar-refractivity contribution in [2.45, 2.75) is 20.0 Å². The number of carbonyl (C=O) groups excluding carboxylic acids is 1. The number of aryl methyl sites for hydroxylation is 1. The molecule has 1 amide bonds. The standard InChI is InChI=1S/C27H32N4O4/c1-5-34-14-12-28-24-8-6-7-21(16-24)9-10-22-15-23(18-25(17-22)35-20(2)19-33-4)27(32)29-26-11-13-31(3)30-26/h6-8,11,13,15-18,20,28H,5,12,14,19H2,1-4H3,(H,29,30,32)/t20-/m0/s1. The topological polar surface area (TPSA) is 86.6 Å². The van der Waals surface area contributed by atoms with Crippen molar-refractivity contribution < 1.29 is 19.0 Å². The molecule has 184 valence electrons. The Morgan fingerprint density at radius 1 is 1.14 bits per heavy atom. The highest BCUT2D eigenvalue weighted by molar-refractivity contribution is 6.04. The molecule has 0 unspecified atom stereocenters. The Bertz CT molecular complexity index is 1180. The number of carbonyl (C=O) groups is 1. The molecule has 3 rings (SSSR count). The van der Waals surface area contributed by atoms with Crippen LogP contribution in [-0.2, 0) is 16.5 Å². The van der Waals surface area contributed by atoms with Gasteiger partial charge in [0.1, 0.15) is 11.9 Å². The highest BCUT2D eigenvalue weighted by Gasteiger charge is 2.12. The van der Waals surface area contributed by atoms with E-state index in [1.54, 1.807) is 43.2 Å². The van der Waals surface area contributed by atoms with Gasteiger partial charge in [-0.1, -0.05) is 17.9 Å². The minimum atomic E-state index is -0.294. The largest absolute Gasteiger partial charge is 0.488 e. The van der Waals surface area contributed by atoms with Crippen molar-refractivity contribution in [3.05, 3.63) is 71.4 Å². The Morgan fingerprint density at radius 3 is 2.71 bits per heavy atom. The van der Waals surface area contributed by atoms with Crippen molar-refractivity contribution in [3.8, 4) is 17.6 Å². The number of rotatable bonds is 11. The van der Waals surface area contributed by atoms with Crippen LogP contribution in [-0.4, -0.2) is 55.3 Å². The van der Waals surface area contributed by atoms with Crippen LogP contribution in [0.4, 0.5) is 11.5 Å². The second-order valence-corrected chi connectivity index (χ2v) is 7.91. The molecule has 1 atom stereocenters. The van der Waals surface area contributed by atoms with Crippen LogP contribution in [0.3, 0.4) is 0 Å². The van der Waals surface area contributed by atoms with E-state index in [0.29, 0.717) is 42.5 Å². The van der Waals surface area contributed by atoms with Crippen molar-refractivity contribution in [2.75, 3.05) is 44.1 Å². The zero-order chi connectivity index (χ0) is 25.0. The van der Waals surface area contributed by atoms with E-state index in [9.17, 15) is 4.79 Å². The van der Waals surface area contributed by atoms with Crippen LogP contribution in [0, 0.1) is 11.8 Å². The number of hydrogen-bond acceptors (Lipinski definition) is 6. The Kier molecular flexibility index (Phi) is 9.72. The molecule has 8 heteroatoms. The first-order valence-corrected chi connectivity index (χ1v) is 11.5. The summed E-state index contributed by atoms with van der Waals surface area (Å²) in [4.78, 5) is 12.9. The van der Waals surface area contributed by atoms with Gasteiger partial charge in [0.05, 0.1) is 13.2 Å². The van der Waals surface area contributed by atoms with E-state index in [-0.39, 0.29) is 12.0 Å². The van der Waals surface area contributed by atoms with E-state index in [2.05, 4.69) is 27.6 Å².